The minimum atomic E-state index is 0.533. The Balaban J connectivity index is 1.90. The van der Waals surface area contributed by atoms with Gasteiger partial charge in [-0.25, -0.2) is 0 Å². The van der Waals surface area contributed by atoms with Crippen LogP contribution in [-0.2, 0) is 13.1 Å². The van der Waals surface area contributed by atoms with Crippen molar-refractivity contribution < 1.29 is 4.42 Å². The summed E-state index contributed by atoms with van der Waals surface area (Å²) in [6, 6.07) is 4.47. The van der Waals surface area contributed by atoms with Gasteiger partial charge in [0.25, 0.3) is 0 Å². The first kappa shape index (κ1) is 13.5. The second-order valence-electron chi connectivity index (χ2n) is 4.37. The Bertz CT molecular complexity index is 485. The van der Waals surface area contributed by atoms with Gasteiger partial charge >= 0.3 is 6.01 Å². The minimum absolute atomic E-state index is 0.533. The zero-order valence-corrected chi connectivity index (χ0v) is 11.3. The van der Waals surface area contributed by atoms with Crippen LogP contribution in [-0.4, -0.2) is 28.8 Å². The Labute approximate surface area is 112 Å². The standard InChI is InChI=1S/C13H19N5O/c1-3-6-15-9-12-16-17-13(19-12)18(2)10-11-4-7-14-8-5-11/h4-5,7-8,15H,3,6,9-10H2,1-2H3. The summed E-state index contributed by atoms with van der Waals surface area (Å²) >= 11 is 0. The van der Waals surface area contributed by atoms with E-state index in [9.17, 15) is 0 Å². The van der Waals surface area contributed by atoms with Crippen molar-refractivity contribution in [1.82, 2.24) is 20.5 Å². The van der Waals surface area contributed by atoms with Crippen LogP contribution < -0.4 is 10.2 Å². The van der Waals surface area contributed by atoms with E-state index in [4.69, 9.17) is 4.42 Å². The molecule has 2 aromatic rings. The van der Waals surface area contributed by atoms with Crippen molar-refractivity contribution in [2.45, 2.75) is 26.4 Å². The monoisotopic (exact) mass is 261 g/mol. The molecular weight excluding hydrogens is 242 g/mol. The maximum Gasteiger partial charge on any atom is 0.318 e. The first-order valence-electron chi connectivity index (χ1n) is 6.42. The molecule has 2 aromatic heterocycles. The van der Waals surface area contributed by atoms with E-state index in [1.807, 2.05) is 24.1 Å². The fourth-order valence-electron chi connectivity index (χ4n) is 1.67. The first-order valence-corrected chi connectivity index (χ1v) is 6.42. The van der Waals surface area contributed by atoms with Crippen molar-refractivity contribution in [1.29, 1.82) is 0 Å². The van der Waals surface area contributed by atoms with Gasteiger partial charge in [-0.1, -0.05) is 12.0 Å². The molecular formula is C13H19N5O. The first-order chi connectivity index (χ1) is 9.29. The molecule has 0 aromatic carbocycles. The molecule has 102 valence electrons. The van der Waals surface area contributed by atoms with Gasteiger partial charge in [-0.2, -0.15) is 0 Å². The molecule has 0 unspecified atom stereocenters. The number of rotatable bonds is 7. The highest BCUT2D eigenvalue weighted by molar-refractivity contribution is 5.25. The summed E-state index contributed by atoms with van der Waals surface area (Å²) in [4.78, 5) is 5.92. The topological polar surface area (TPSA) is 67.1 Å². The highest BCUT2D eigenvalue weighted by Gasteiger charge is 2.10. The van der Waals surface area contributed by atoms with Crippen LogP contribution >= 0.6 is 0 Å². The van der Waals surface area contributed by atoms with Crippen molar-refractivity contribution >= 4 is 6.01 Å². The summed E-state index contributed by atoms with van der Waals surface area (Å²) < 4.78 is 5.59. The molecule has 0 aliphatic carbocycles. The van der Waals surface area contributed by atoms with E-state index in [1.165, 1.54) is 0 Å². The van der Waals surface area contributed by atoms with Gasteiger partial charge in [-0.05, 0) is 30.7 Å². The third-order valence-electron chi connectivity index (χ3n) is 2.65. The summed E-state index contributed by atoms with van der Waals surface area (Å²) in [5.41, 5.74) is 1.15. The SMILES string of the molecule is CCCNCc1nnc(N(C)Cc2ccncc2)o1. The fraction of sp³-hybridized carbons (Fsp3) is 0.462. The number of aromatic nitrogens is 3. The maximum atomic E-state index is 5.59. The van der Waals surface area contributed by atoms with Crippen molar-refractivity contribution in [3.8, 4) is 0 Å². The Hall–Kier alpha value is -1.95. The number of pyridine rings is 1. The van der Waals surface area contributed by atoms with Gasteiger partial charge < -0.3 is 14.6 Å². The van der Waals surface area contributed by atoms with Gasteiger partial charge in [0.15, 0.2) is 0 Å². The van der Waals surface area contributed by atoms with Crippen molar-refractivity contribution in [2.24, 2.45) is 0 Å². The number of nitrogens with one attached hydrogen (secondary N) is 1. The van der Waals surface area contributed by atoms with Crippen LogP contribution in [0.2, 0.25) is 0 Å². The van der Waals surface area contributed by atoms with Crippen LogP contribution in [0.1, 0.15) is 24.8 Å². The molecule has 0 spiro atoms. The van der Waals surface area contributed by atoms with Gasteiger partial charge in [0.05, 0.1) is 6.54 Å². The van der Waals surface area contributed by atoms with E-state index in [1.54, 1.807) is 12.4 Å². The number of nitrogens with zero attached hydrogens (tertiary/aromatic N) is 4. The van der Waals surface area contributed by atoms with Crippen LogP contribution in [0.3, 0.4) is 0 Å². The number of hydrogen-bond donors (Lipinski definition) is 1. The molecule has 2 rings (SSSR count). The molecule has 0 aliphatic rings. The number of anilines is 1. The van der Waals surface area contributed by atoms with E-state index < -0.39 is 0 Å². The molecule has 2 heterocycles. The Kier molecular flexibility index (Phi) is 4.85. The van der Waals surface area contributed by atoms with E-state index in [-0.39, 0.29) is 0 Å². The average molecular weight is 261 g/mol. The van der Waals surface area contributed by atoms with Crippen molar-refractivity contribution in [2.75, 3.05) is 18.5 Å². The van der Waals surface area contributed by atoms with Crippen molar-refractivity contribution in [3.05, 3.63) is 36.0 Å². The van der Waals surface area contributed by atoms with Gasteiger partial charge in [-0.3, -0.25) is 4.98 Å². The molecule has 0 aliphatic heterocycles. The van der Waals surface area contributed by atoms with Crippen LogP contribution in [0.25, 0.3) is 0 Å². The molecule has 0 fully saturated rings. The summed E-state index contributed by atoms with van der Waals surface area (Å²) in [6.45, 7) is 4.40. The van der Waals surface area contributed by atoms with Crippen LogP contribution in [0.15, 0.2) is 28.9 Å². The predicted molar refractivity (Wildman–Crippen MR) is 72.6 cm³/mol. The predicted octanol–water partition coefficient (Wildman–Crippen LogP) is 1.60. The summed E-state index contributed by atoms with van der Waals surface area (Å²) in [6.07, 6.45) is 4.64. The van der Waals surface area contributed by atoms with E-state index in [0.717, 1.165) is 18.5 Å². The lowest BCUT2D eigenvalue weighted by Crippen LogP contribution is -2.16. The van der Waals surface area contributed by atoms with E-state index in [2.05, 4.69) is 27.4 Å². The van der Waals surface area contributed by atoms with Crippen molar-refractivity contribution in [3.63, 3.8) is 0 Å². The van der Waals surface area contributed by atoms with Gasteiger partial charge in [0, 0.05) is 26.0 Å². The zero-order chi connectivity index (χ0) is 13.5. The van der Waals surface area contributed by atoms with Gasteiger partial charge in [0.1, 0.15) is 0 Å². The molecule has 6 nitrogen and oxygen atoms in total. The second kappa shape index (κ2) is 6.84. The summed E-state index contributed by atoms with van der Waals surface area (Å²) in [7, 11) is 1.93. The zero-order valence-electron chi connectivity index (χ0n) is 11.3. The normalized spacial score (nSPS) is 10.6. The molecule has 6 heteroatoms. The minimum Gasteiger partial charge on any atom is -0.407 e. The molecule has 1 N–H and O–H groups in total. The lowest BCUT2D eigenvalue weighted by Gasteiger charge is -2.13. The highest BCUT2D eigenvalue weighted by atomic mass is 16.4. The van der Waals surface area contributed by atoms with Crippen LogP contribution in [0.4, 0.5) is 6.01 Å². The average Bonchev–Trinajstić information content (AvgIpc) is 2.89. The molecule has 19 heavy (non-hydrogen) atoms. The Morgan fingerprint density at radius 3 is 2.79 bits per heavy atom. The number of hydrogen-bond acceptors (Lipinski definition) is 6. The fourth-order valence-corrected chi connectivity index (χ4v) is 1.67. The molecule has 0 amide bonds. The lowest BCUT2D eigenvalue weighted by atomic mass is 10.2. The molecule has 0 atom stereocenters. The van der Waals surface area contributed by atoms with Crippen LogP contribution in [0, 0.1) is 0 Å². The Morgan fingerprint density at radius 2 is 2.05 bits per heavy atom. The second-order valence-corrected chi connectivity index (χ2v) is 4.37. The quantitative estimate of drug-likeness (QED) is 0.764. The summed E-state index contributed by atoms with van der Waals surface area (Å²) in [5.74, 6) is 0.616. The third kappa shape index (κ3) is 4.03. The van der Waals surface area contributed by atoms with Gasteiger partial charge in [-0.15, -0.1) is 5.10 Å². The maximum absolute atomic E-state index is 5.59. The van der Waals surface area contributed by atoms with Crippen LogP contribution in [0.5, 0.6) is 0 Å². The highest BCUT2D eigenvalue weighted by Crippen LogP contribution is 2.13. The van der Waals surface area contributed by atoms with E-state index in [0.29, 0.717) is 25.0 Å². The third-order valence-corrected chi connectivity index (χ3v) is 2.65. The lowest BCUT2D eigenvalue weighted by molar-refractivity contribution is 0.465. The van der Waals surface area contributed by atoms with Gasteiger partial charge in [0.2, 0.25) is 5.89 Å². The Morgan fingerprint density at radius 1 is 1.26 bits per heavy atom. The smallest absolute Gasteiger partial charge is 0.318 e. The molecule has 0 saturated heterocycles. The molecule has 0 radical (unpaired) electrons. The molecule has 0 saturated carbocycles. The summed E-state index contributed by atoms with van der Waals surface area (Å²) in [5, 5.41) is 11.3. The largest absolute Gasteiger partial charge is 0.407 e. The molecule has 0 bridgehead atoms. The van der Waals surface area contributed by atoms with E-state index >= 15 is 0 Å².